The molecule has 3 rings (SSSR count). The highest BCUT2D eigenvalue weighted by molar-refractivity contribution is 5.91. The zero-order chi connectivity index (χ0) is 18.0. The van der Waals surface area contributed by atoms with Crippen LogP contribution in [0.15, 0.2) is 97.1 Å². The van der Waals surface area contributed by atoms with E-state index in [2.05, 4.69) is 24.3 Å². The quantitative estimate of drug-likeness (QED) is 0.556. The molecule has 0 fully saturated rings. The second-order valence-corrected chi connectivity index (χ2v) is 6.23. The standard InChI is InChI=1S/C24H23NO/c26-24(17-16-21-10-4-1-5-11-21)25(20-23-14-8-3-9-15-23)19-18-22-12-6-2-7-13-22/h1-17H,18-20H2/b17-16+. The Morgan fingerprint density at radius 2 is 1.27 bits per heavy atom. The molecule has 3 aromatic rings. The lowest BCUT2D eigenvalue weighted by Gasteiger charge is -2.21. The van der Waals surface area contributed by atoms with E-state index in [-0.39, 0.29) is 5.91 Å². The summed E-state index contributed by atoms with van der Waals surface area (Å²) in [6, 6.07) is 30.3. The van der Waals surface area contributed by atoms with E-state index >= 15 is 0 Å². The molecule has 0 aliphatic rings. The van der Waals surface area contributed by atoms with Crippen molar-refractivity contribution in [2.24, 2.45) is 0 Å². The van der Waals surface area contributed by atoms with Crippen molar-refractivity contribution < 1.29 is 4.79 Å². The summed E-state index contributed by atoms with van der Waals surface area (Å²) in [6.07, 6.45) is 4.39. The van der Waals surface area contributed by atoms with Crippen LogP contribution in [0.2, 0.25) is 0 Å². The summed E-state index contributed by atoms with van der Waals surface area (Å²) in [5, 5.41) is 0. The van der Waals surface area contributed by atoms with Crippen molar-refractivity contribution in [3.63, 3.8) is 0 Å². The molecule has 0 spiro atoms. The molecule has 0 heterocycles. The van der Waals surface area contributed by atoms with Gasteiger partial charge in [-0.25, -0.2) is 0 Å². The minimum absolute atomic E-state index is 0.0358. The summed E-state index contributed by atoms with van der Waals surface area (Å²) >= 11 is 0. The van der Waals surface area contributed by atoms with Crippen molar-refractivity contribution in [2.45, 2.75) is 13.0 Å². The first-order chi connectivity index (χ1) is 12.8. The van der Waals surface area contributed by atoms with Crippen LogP contribution in [0.4, 0.5) is 0 Å². The van der Waals surface area contributed by atoms with Crippen molar-refractivity contribution in [2.75, 3.05) is 6.54 Å². The average Bonchev–Trinajstić information content (AvgIpc) is 2.71. The summed E-state index contributed by atoms with van der Waals surface area (Å²) < 4.78 is 0. The van der Waals surface area contributed by atoms with Crippen molar-refractivity contribution in [3.8, 4) is 0 Å². The summed E-state index contributed by atoms with van der Waals surface area (Å²) in [5.41, 5.74) is 3.41. The monoisotopic (exact) mass is 341 g/mol. The number of rotatable bonds is 7. The fraction of sp³-hybridized carbons (Fsp3) is 0.125. The van der Waals surface area contributed by atoms with E-state index in [4.69, 9.17) is 0 Å². The second kappa shape index (κ2) is 9.38. The van der Waals surface area contributed by atoms with Gasteiger partial charge in [0.15, 0.2) is 0 Å². The maximum Gasteiger partial charge on any atom is 0.246 e. The molecule has 26 heavy (non-hydrogen) atoms. The van der Waals surface area contributed by atoms with Gasteiger partial charge in [0.05, 0.1) is 0 Å². The molecule has 130 valence electrons. The Morgan fingerprint density at radius 1 is 0.731 bits per heavy atom. The van der Waals surface area contributed by atoms with Crippen LogP contribution < -0.4 is 0 Å². The zero-order valence-electron chi connectivity index (χ0n) is 14.8. The highest BCUT2D eigenvalue weighted by atomic mass is 16.2. The van der Waals surface area contributed by atoms with E-state index in [0.29, 0.717) is 13.1 Å². The van der Waals surface area contributed by atoms with Gasteiger partial charge in [-0.15, -0.1) is 0 Å². The predicted molar refractivity (Wildman–Crippen MR) is 107 cm³/mol. The smallest absolute Gasteiger partial charge is 0.246 e. The predicted octanol–water partition coefficient (Wildman–Crippen LogP) is 4.97. The first-order valence-corrected chi connectivity index (χ1v) is 8.91. The fourth-order valence-corrected chi connectivity index (χ4v) is 2.82. The van der Waals surface area contributed by atoms with Gasteiger partial charge in [0.1, 0.15) is 0 Å². The van der Waals surface area contributed by atoms with Gasteiger partial charge in [-0.2, -0.15) is 0 Å². The highest BCUT2D eigenvalue weighted by Crippen LogP contribution is 2.09. The second-order valence-electron chi connectivity index (χ2n) is 6.23. The third-order valence-electron chi connectivity index (χ3n) is 4.26. The molecule has 0 saturated heterocycles. The van der Waals surface area contributed by atoms with Crippen LogP contribution in [-0.2, 0) is 17.8 Å². The fourth-order valence-electron chi connectivity index (χ4n) is 2.82. The van der Waals surface area contributed by atoms with Crippen molar-refractivity contribution in [3.05, 3.63) is 114 Å². The Morgan fingerprint density at radius 3 is 1.88 bits per heavy atom. The first kappa shape index (κ1) is 17.7. The summed E-state index contributed by atoms with van der Waals surface area (Å²) in [7, 11) is 0. The van der Waals surface area contributed by atoms with Crippen LogP contribution >= 0.6 is 0 Å². The van der Waals surface area contributed by atoms with Gasteiger partial charge >= 0.3 is 0 Å². The number of hydrogen-bond acceptors (Lipinski definition) is 1. The summed E-state index contributed by atoms with van der Waals surface area (Å²) in [4.78, 5) is 14.7. The lowest BCUT2D eigenvalue weighted by Crippen LogP contribution is -2.31. The molecule has 0 bridgehead atoms. The summed E-state index contributed by atoms with van der Waals surface area (Å²) in [6.45, 7) is 1.31. The van der Waals surface area contributed by atoms with Crippen LogP contribution in [0.1, 0.15) is 16.7 Å². The lowest BCUT2D eigenvalue weighted by molar-refractivity contribution is -0.126. The van der Waals surface area contributed by atoms with Crippen molar-refractivity contribution >= 4 is 12.0 Å². The van der Waals surface area contributed by atoms with Crippen molar-refractivity contribution in [1.82, 2.24) is 4.90 Å². The van der Waals surface area contributed by atoms with E-state index in [1.54, 1.807) is 6.08 Å². The van der Waals surface area contributed by atoms with Gasteiger partial charge in [-0.3, -0.25) is 4.79 Å². The molecule has 0 aliphatic heterocycles. The Balaban J connectivity index is 1.70. The third-order valence-corrected chi connectivity index (χ3v) is 4.26. The molecule has 0 radical (unpaired) electrons. The van der Waals surface area contributed by atoms with Gasteiger partial charge in [0.25, 0.3) is 0 Å². The number of carbonyl (C=O) groups excluding carboxylic acids is 1. The molecular formula is C24H23NO. The molecule has 0 unspecified atom stereocenters. The van der Waals surface area contributed by atoms with Gasteiger partial charge in [0.2, 0.25) is 5.91 Å². The maximum absolute atomic E-state index is 12.8. The molecule has 3 aromatic carbocycles. The minimum atomic E-state index is 0.0358. The van der Waals surface area contributed by atoms with Gasteiger partial charge < -0.3 is 4.90 Å². The minimum Gasteiger partial charge on any atom is -0.335 e. The average molecular weight is 341 g/mol. The molecule has 0 N–H and O–H groups in total. The first-order valence-electron chi connectivity index (χ1n) is 8.91. The molecule has 0 aliphatic carbocycles. The largest absolute Gasteiger partial charge is 0.335 e. The van der Waals surface area contributed by atoms with Crippen LogP contribution in [0.3, 0.4) is 0 Å². The highest BCUT2D eigenvalue weighted by Gasteiger charge is 2.11. The van der Waals surface area contributed by atoms with Gasteiger partial charge in [0, 0.05) is 19.2 Å². The van der Waals surface area contributed by atoms with Crippen LogP contribution in [0, 0.1) is 0 Å². The lowest BCUT2D eigenvalue weighted by atomic mass is 10.1. The van der Waals surface area contributed by atoms with Crippen LogP contribution in [0.5, 0.6) is 0 Å². The topological polar surface area (TPSA) is 20.3 Å². The molecule has 0 saturated carbocycles. The third kappa shape index (κ3) is 5.45. The molecule has 0 atom stereocenters. The zero-order valence-corrected chi connectivity index (χ0v) is 14.8. The molecule has 1 amide bonds. The van der Waals surface area contributed by atoms with E-state index < -0.39 is 0 Å². The Kier molecular flexibility index (Phi) is 6.38. The van der Waals surface area contributed by atoms with Crippen LogP contribution in [0.25, 0.3) is 6.08 Å². The molecule has 2 heteroatoms. The molecule has 0 aromatic heterocycles. The Bertz CT molecular complexity index is 826. The number of nitrogens with zero attached hydrogens (tertiary/aromatic N) is 1. The van der Waals surface area contributed by atoms with E-state index in [9.17, 15) is 4.79 Å². The number of benzene rings is 3. The normalized spacial score (nSPS) is 10.8. The molecule has 2 nitrogen and oxygen atoms in total. The van der Waals surface area contributed by atoms with Crippen LogP contribution in [-0.4, -0.2) is 17.4 Å². The summed E-state index contributed by atoms with van der Waals surface area (Å²) in [5.74, 6) is 0.0358. The van der Waals surface area contributed by atoms with E-state index in [1.807, 2.05) is 77.7 Å². The SMILES string of the molecule is O=C(/C=C/c1ccccc1)N(CCc1ccccc1)Cc1ccccc1. The number of carbonyl (C=O) groups is 1. The number of hydrogen-bond donors (Lipinski definition) is 0. The van der Waals surface area contributed by atoms with E-state index in [1.165, 1.54) is 5.56 Å². The van der Waals surface area contributed by atoms with Gasteiger partial charge in [-0.05, 0) is 29.2 Å². The van der Waals surface area contributed by atoms with Gasteiger partial charge in [-0.1, -0.05) is 91.0 Å². The van der Waals surface area contributed by atoms with E-state index in [0.717, 1.165) is 17.5 Å². The molecular weight excluding hydrogens is 318 g/mol. The Hall–Kier alpha value is -3.13. The Labute approximate surface area is 155 Å². The maximum atomic E-state index is 12.8. The number of amides is 1. The van der Waals surface area contributed by atoms with Crippen molar-refractivity contribution in [1.29, 1.82) is 0 Å².